The van der Waals surface area contributed by atoms with Crippen molar-refractivity contribution in [1.29, 1.82) is 0 Å². The van der Waals surface area contributed by atoms with Gasteiger partial charge >= 0.3 is 11.9 Å². The lowest BCUT2D eigenvalue weighted by molar-refractivity contribution is -0.173. The molecule has 0 aromatic rings. The SMILES string of the molecule is O=C1CCCCC(=O)OC2CCCCC2O1. The lowest BCUT2D eigenvalue weighted by Crippen LogP contribution is -2.38. The van der Waals surface area contributed by atoms with Crippen LogP contribution in [-0.2, 0) is 19.1 Å². The summed E-state index contributed by atoms with van der Waals surface area (Å²) in [5.74, 6) is -0.287. The van der Waals surface area contributed by atoms with Crippen molar-refractivity contribution in [3.05, 3.63) is 0 Å². The molecule has 0 amide bonds. The summed E-state index contributed by atoms with van der Waals surface area (Å²) < 4.78 is 10.7. The minimum Gasteiger partial charge on any atom is -0.458 e. The molecule has 4 heteroatoms. The Morgan fingerprint density at radius 2 is 1.19 bits per heavy atom. The van der Waals surface area contributed by atoms with E-state index < -0.39 is 0 Å². The standard InChI is InChI=1S/C12H18O4/c13-11-7-3-4-8-12(14)16-10-6-2-1-5-9(10)15-11/h9-10H,1-8H2. The Bertz CT molecular complexity index is 246. The van der Waals surface area contributed by atoms with Crippen molar-refractivity contribution in [2.45, 2.75) is 63.6 Å². The molecule has 16 heavy (non-hydrogen) atoms. The highest BCUT2D eigenvalue weighted by Crippen LogP contribution is 2.25. The van der Waals surface area contributed by atoms with Gasteiger partial charge in [0.2, 0.25) is 0 Å². The molecule has 0 aromatic heterocycles. The highest BCUT2D eigenvalue weighted by Gasteiger charge is 2.31. The highest BCUT2D eigenvalue weighted by atomic mass is 16.6. The van der Waals surface area contributed by atoms with E-state index in [1.807, 2.05) is 0 Å². The lowest BCUT2D eigenvalue weighted by atomic mass is 9.94. The van der Waals surface area contributed by atoms with Gasteiger partial charge in [-0.05, 0) is 38.5 Å². The van der Waals surface area contributed by atoms with Crippen molar-refractivity contribution in [2.75, 3.05) is 0 Å². The van der Waals surface area contributed by atoms with Gasteiger partial charge in [-0.3, -0.25) is 9.59 Å². The monoisotopic (exact) mass is 226 g/mol. The van der Waals surface area contributed by atoms with Crippen LogP contribution in [0.2, 0.25) is 0 Å². The van der Waals surface area contributed by atoms with Gasteiger partial charge in [0, 0.05) is 12.8 Å². The number of carbonyl (C=O) groups is 2. The molecule has 0 spiro atoms. The van der Waals surface area contributed by atoms with Crippen LogP contribution in [0.3, 0.4) is 0 Å². The molecule has 2 aliphatic rings. The molecule has 90 valence electrons. The first-order valence-electron chi connectivity index (χ1n) is 6.14. The number of hydrogen-bond donors (Lipinski definition) is 0. The molecule has 0 radical (unpaired) electrons. The van der Waals surface area contributed by atoms with E-state index in [1.165, 1.54) is 0 Å². The van der Waals surface area contributed by atoms with Crippen molar-refractivity contribution in [3.63, 3.8) is 0 Å². The zero-order valence-electron chi connectivity index (χ0n) is 9.44. The van der Waals surface area contributed by atoms with E-state index in [0.717, 1.165) is 25.7 Å². The molecule has 4 nitrogen and oxygen atoms in total. The molecule has 2 unspecified atom stereocenters. The fourth-order valence-corrected chi connectivity index (χ4v) is 2.33. The van der Waals surface area contributed by atoms with Crippen molar-refractivity contribution in [3.8, 4) is 0 Å². The van der Waals surface area contributed by atoms with Crippen LogP contribution in [0.25, 0.3) is 0 Å². The van der Waals surface area contributed by atoms with Gasteiger partial charge in [-0.1, -0.05) is 0 Å². The molecular weight excluding hydrogens is 208 g/mol. The summed E-state index contributed by atoms with van der Waals surface area (Å²) in [5, 5.41) is 0. The van der Waals surface area contributed by atoms with Gasteiger partial charge in [0.25, 0.3) is 0 Å². The van der Waals surface area contributed by atoms with E-state index in [1.54, 1.807) is 0 Å². The molecule has 0 bridgehead atoms. The number of fused-ring (bicyclic) bond motifs is 1. The van der Waals surface area contributed by atoms with Gasteiger partial charge in [-0.15, -0.1) is 0 Å². The summed E-state index contributed by atoms with van der Waals surface area (Å²) in [7, 11) is 0. The predicted octanol–water partition coefficient (Wildman–Crippen LogP) is 1.96. The van der Waals surface area contributed by atoms with Gasteiger partial charge in [-0.2, -0.15) is 0 Å². The Morgan fingerprint density at radius 1 is 0.750 bits per heavy atom. The maximum absolute atomic E-state index is 11.5. The first-order valence-corrected chi connectivity index (χ1v) is 6.14. The van der Waals surface area contributed by atoms with Crippen LogP contribution in [0.5, 0.6) is 0 Å². The molecule has 1 heterocycles. The molecule has 0 aromatic carbocycles. The van der Waals surface area contributed by atoms with E-state index in [2.05, 4.69) is 0 Å². The van der Waals surface area contributed by atoms with E-state index >= 15 is 0 Å². The van der Waals surface area contributed by atoms with Crippen LogP contribution < -0.4 is 0 Å². The summed E-state index contributed by atoms with van der Waals surface area (Å²) >= 11 is 0. The van der Waals surface area contributed by atoms with Crippen LogP contribution in [0, 0.1) is 0 Å². The van der Waals surface area contributed by atoms with Crippen LogP contribution in [0.15, 0.2) is 0 Å². The molecule has 0 N–H and O–H groups in total. The first-order chi connectivity index (χ1) is 7.75. The summed E-state index contributed by atoms with van der Waals surface area (Å²) in [6, 6.07) is 0. The average molecular weight is 226 g/mol. The van der Waals surface area contributed by atoms with Crippen molar-refractivity contribution in [1.82, 2.24) is 0 Å². The Kier molecular flexibility index (Phi) is 3.80. The topological polar surface area (TPSA) is 52.6 Å². The van der Waals surface area contributed by atoms with E-state index in [9.17, 15) is 9.59 Å². The van der Waals surface area contributed by atoms with Crippen LogP contribution in [0.4, 0.5) is 0 Å². The van der Waals surface area contributed by atoms with Crippen molar-refractivity contribution in [2.24, 2.45) is 0 Å². The third-order valence-electron chi connectivity index (χ3n) is 3.22. The lowest BCUT2D eigenvalue weighted by Gasteiger charge is -2.31. The zero-order chi connectivity index (χ0) is 11.4. The Balaban J connectivity index is 2.01. The second-order valence-corrected chi connectivity index (χ2v) is 4.55. The quantitative estimate of drug-likeness (QED) is 0.592. The molecule has 1 saturated carbocycles. The molecule has 1 aliphatic carbocycles. The van der Waals surface area contributed by atoms with E-state index in [-0.39, 0.29) is 24.1 Å². The van der Waals surface area contributed by atoms with E-state index in [4.69, 9.17) is 9.47 Å². The normalized spacial score (nSPS) is 32.2. The molecule has 2 atom stereocenters. The number of hydrogen-bond acceptors (Lipinski definition) is 4. The molecule has 1 saturated heterocycles. The maximum atomic E-state index is 11.5. The third-order valence-corrected chi connectivity index (χ3v) is 3.22. The third kappa shape index (κ3) is 2.97. The van der Waals surface area contributed by atoms with Gasteiger partial charge in [0.15, 0.2) is 0 Å². The second kappa shape index (κ2) is 5.32. The fourth-order valence-electron chi connectivity index (χ4n) is 2.33. The minimum absolute atomic E-state index is 0.144. The number of carbonyl (C=O) groups excluding carboxylic acids is 2. The van der Waals surface area contributed by atoms with Crippen LogP contribution >= 0.6 is 0 Å². The second-order valence-electron chi connectivity index (χ2n) is 4.55. The molecule has 2 rings (SSSR count). The van der Waals surface area contributed by atoms with Crippen molar-refractivity contribution >= 4 is 11.9 Å². The largest absolute Gasteiger partial charge is 0.458 e. The molecule has 1 aliphatic heterocycles. The minimum atomic E-state index is -0.205. The smallest absolute Gasteiger partial charge is 0.306 e. The van der Waals surface area contributed by atoms with Gasteiger partial charge in [-0.25, -0.2) is 0 Å². The van der Waals surface area contributed by atoms with Crippen LogP contribution in [0.1, 0.15) is 51.4 Å². The first kappa shape index (κ1) is 11.4. The van der Waals surface area contributed by atoms with Crippen molar-refractivity contribution < 1.29 is 19.1 Å². The number of rotatable bonds is 0. The summed E-state index contributed by atoms with van der Waals surface area (Å²) in [4.78, 5) is 22.9. The van der Waals surface area contributed by atoms with E-state index in [0.29, 0.717) is 25.7 Å². The Hall–Kier alpha value is -1.06. The highest BCUT2D eigenvalue weighted by molar-refractivity contribution is 5.71. The number of ether oxygens (including phenoxy) is 2. The Morgan fingerprint density at radius 3 is 1.62 bits per heavy atom. The summed E-state index contributed by atoms with van der Waals surface area (Å²) in [5.41, 5.74) is 0. The summed E-state index contributed by atoms with van der Waals surface area (Å²) in [6.45, 7) is 0. The maximum Gasteiger partial charge on any atom is 0.306 e. The van der Waals surface area contributed by atoms with Crippen LogP contribution in [-0.4, -0.2) is 24.1 Å². The molecule has 2 fully saturated rings. The fraction of sp³-hybridized carbons (Fsp3) is 0.833. The molecular formula is C12H18O4. The zero-order valence-corrected chi connectivity index (χ0v) is 9.44. The van der Waals surface area contributed by atoms with Gasteiger partial charge in [0.1, 0.15) is 12.2 Å². The summed E-state index contributed by atoms with van der Waals surface area (Å²) in [6.07, 6.45) is 5.61. The van der Waals surface area contributed by atoms with Gasteiger partial charge in [0.05, 0.1) is 0 Å². The average Bonchev–Trinajstić information content (AvgIpc) is 2.27. The number of esters is 2. The Labute approximate surface area is 95.3 Å². The van der Waals surface area contributed by atoms with Gasteiger partial charge < -0.3 is 9.47 Å². The predicted molar refractivity (Wildman–Crippen MR) is 56.7 cm³/mol.